The Kier molecular flexibility index (Phi) is 6.93. The van der Waals surface area contributed by atoms with Crippen LogP contribution in [0.15, 0.2) is 65.1 Å². The lowest BCUT2D eigenvalue weighted by Crippen LogP contribution is -2.56. The maximum absolute atomic E-state index is 12.8. The van der Waals surface area contributed by atoms with Gasteiger partial charge in [-0.2, -0.15) is 0 Å². The summed E-state index contributed by atoms with van der Waals surface area (Å²) in [5, 5.41) is 0.699. The summed E-state index contributed by atoms with van der Waals surface area (Å²) in [6.45, 7) is 3.51. The minimum absolute atomic E-state index is 0.299. The van der Waals surface area contributed by atoms with Crippen LogP contribution < -0.4 is 4.74 Å². The summed E-state index contributed by atoms with van der Waals surface area (Å²) in [6.07, 6.45) is 3.48. The highest BCUT2D eigenvalue weighted by atomic mass is 35.5. The fraction of sp³-hybridized carbons (Fsp3) is 0.393. The van der Waals surface area contributed by atoms with E-state index in [-0.39, 0.29) is 0 Å². The molecule has 3 aromatic rings. The first kappa shape index (κ1) is 23.0. The summed E-state index contributed by atoms with van der Waals surface area (Å²) in [5.74, 6) is 3.43. The van der Waals surface area contributed by atoms with Crippen molar-refractivity contribution in [2.24, 2.45) is 5.92 Å². The van der Waals surface area contributed by atoms with Crippen molar-refractivity contribution in [3.8, 4) is 17.1 Å². The minimum atomic E-state index is 0.299. The molecule has 0 unspecified atom stereocenters. The number of piperidine rings is 2. The summed E-state index contributed by atoms with van der Waals surface area (Å²) in [4.78, 5) is 17.4. The van der Waals surface area contributed by atoms with Crippen LogP contribution in [0.25, 0.3) is 11.3 Å². The minimum Gasteiger partial charge on any atom is -0.497 e. The largest absolute Gasteiger partial charge is 0.497 e. The van der Waals surface area contributed by atoms with Crippen molar-refractivity contribution in [2.75, 3.05) is 26.7 Å². The van der Waals surface area contributed by atoms with Gasteiger partial charge in [0.1, 0.15) is 17.3 Å². The van der Waals surface area contributed by atoms with Crippen LogP contribution in [0.1, 0.15) is 30.6 Å². The Labute approximate surface area is 206 Å². The number of halogens is 1. The van der Waals surface area contributed by atoms with Gasteiger partial charge in [-0.3, -0.25) is 9.69 Å². The third-order valence-corrected chi connectivity index (χ3v) is 7.51. The first-order valence-electron chi connectivity index (χ1n) is 12.1. The van der Waals surface area contributed by atoms with Gasteiger partial charge >= 0.3 is 0 Å². The Balaban J connectivity index is 1.20. The number of likely N-dealkylation sites (tertiary alicyclic amines) is 2. The van der Waals surface area contributed by atoms with Crippen LogP contribution >= 0.6 is 11.6 Å². The predicted molar refractivity (Wildman–Crippen MR) is 134 cm³/mol. The molecule has 5 nitrogen and oxygen atoms in total. The summed E-state index contributed by atoms with van der Waals surface area (Å²) >= 11 is 6.33. The van der Waals surface area contributed by atoms with Gasteiger partial charge in [-0.25, -0.2) is 0 Å². The Hall–Kier alpha value is -2.76. The summed E-state index contributed by atoms with van der Waals surface area (Å²) in [5.41, 5.74) is 2.13. The van der Waals surface area contributed by atoms with Crippen LogP contribution in [0.4, 0.5) is 0 Å². The second-order valence-electron chi connectivity index (χ2n) is 9.32. The number of rotatable bonds is 7. The van der Waals surface area contributed by atoms with Crippen molar-refractivity contribution >= 4 is 17.5 Å². The molecule has 2 aromatic carbocycles. The van der Waals surface area contributed by atoms with Crippen LogP contribution in [0.5, 0.6) is 5.75 Å². The van der Waals surface area contributed by atoms with Gasteiger partial charge in [0.2, 0.25) is 5.91 Å². The third kappa shape index (κ3) is 5.01. The van der Waals surface area contributed by atoms with Crippen molar-refractivity contribution in [2.45, 2.75) is 38.3 Å². The van der Waals surface area contributed by atoms with Gasteiger partial charge < -0.3 is 14.1 Å². The molecule has 0 radical (unpaired) electrons. The van der Waals surface area contributed by atoms with E-state index < -0.39 is 0 Å². The maximum atomic E-state index is 12.8. The van der Waals surface area contributed by atoms with Crippen molar-refractivity contribution in [3.63, 3.8) is 0 Å². The lowest BCUT2D eigenvalue weighted by atomic mass is 9.83. The number of methoxy groups -OCH3 is 1. The molecule has 0 saturated carbocycles. The quantitative estimate of drug-likeness (QED) is 0.439. The van der Waals surface area contributed by atoms with E-state index in [0.717, 1.165) is 68.3 Å². The lowest BCUT2D eigenvalue weighted by Gasteiger charge is -2.47. The molecule has 2 atom stereocenters. The Morgan fingerprint density at radius 2 is 1.97 bits per heavy atom. The van der Waals surface area contributed by atoms with E-state index in [4.69, 9.17) is 20.8 Å². The molecule has 2 aliphatic rings. The van der Waals surface area contributed by atoms with E-state index in [1.54, 1.807) is 7.11 Å². The molecule has 2 saturated heterocycles. The standard InChI is InChI=1S/C28H31ClN2O3/c1-33-22-6-4-5-20(17-22)13-16-31-26-14-15-30(18-21(26)9-12-28(31)32)19-23-10-11-27(34-23)24-7-2-3-8-25(24)29/h2-8,10-11,17,21,26H,9,12-16,18-19H2,1H3/t21-,26+/m0/s1. The predicted octanol–water partition coefficient (Wildman–Crippen LogP) is 5.66. The number of benzene rings is 2. The molecule has 5 rings (SSSR count). The van der Waals surface area contributed by atoms with Gasteiger partial charge in [-0.15, -0.1) is 0 Å². The molecule has 0 N–H and O–H groups in total. The molecule has 2 fully saturated rings. The Bertz CT molecular complexity index is 1140. The number of furan rings is 1. The van der Waals surface area contributed by atoms with Gasteiger partial charge in [0, 0.05) is 37.7 Å². The average molecular weight is 479 g/mol. The maximum Gasteiger partial charge on any atom is 0.222 e. The van der Waals surface area contributed by atoms with Crippen LogP contribution in [0.3, 0.4) is 0 Å². The first-order valence-corrected chi connectivity index (χ1v) is 12.5. The second-order valence-corrected chi connectivity index (χ2v) is 9.73. The second kappa shape index (κ2) is 10.2. The van der Waals surface area contributed by atoms with Gasteiger partial charge in [0.05, 0.1) is 18.7 Å². The summed E-state index contributed by atoms with van der Waals surface area (Å²) < 4.78 is 11.5. The fourth-order valence-electron chi connectivity index (χ4n) is 5.43. The molecule has 3 heterocycles. The highest BCUT2D eigenvalue weighted by molar-refractivity contribution is 6.33. The molecular formula is C28H31ClN2O3. The van der Waals surface area contributed by atoms with E-state index in [9.17, 15) is 4.79 Å². The first-order chi connectivity index (χ1) is 16.6. The van der Waals surface area contributed by atoms with Crippen LogP contribution in [-0.4, -0.2) is 48.5 Å². The van der Waals surface area contributed by atoms with E-state index in [1.165, 1.54) is 5.56 Å². The zero-order chi connectivity index (χ0) is 23.5. The van der Waals surface area contributed by atoms with Gasteiger partial charge in [0.25, 0.3) is 0 Å². The highest BCUT2D eigenvalue weighted by Gasteiger charge is 2.39. The fourth-order valence-corrected chi connectivity index (χ4v) is 5.66. The number of hydrogen-bond acceptors (Lipinski definition) is 4. The van der Waals surface area contributed by atoms with E-state index in [0.29, 0.717) is 29.3 Å². The molecule has 34 heavy (non-hydrogen) atoms. The van der Waals surface area contributed by atoms with Crippen LogP contribution in [-0.2, 0) is 17.8 Å². The van der Waals surface area contributed by atoms with Gasteiger partial charge in [-0.05, 0) is 67.1 Å². The number of fused-ring (bicyclic) bond motifs is 1. The van der Waals surface area contributed by atoms with E-state index in [2.05, 4.69) is 28.0 Å². The smallest absolute Gasteiger partial charge is 0.222 e. The molecule has 1 amide bonds. The monoisotopic (exact) mass is 478 g/mol. The number of nitrogens with zero attached hydrogens (tertiary/aromatic N) is 2. The molecule has 2 aliphatic heterocycles. The topological polar surface area (TPSA) is 45.9 Å². The molecule has 1 aromatic heterocycles. The normalized spacial score (nSPS) is 20.9. The van der Waals surface area contributed by atoms with Crippen molar-refractivity contribution in [1.29, 1.82) is 0 Å². The van der Waals surface area contributed by atoms with Gasteiger partial charge in [0.15, 0.2) is 0 Å². The van der Waals surface area contributed by atoms with Crippen molar-refractivity contribution in [1.82, 2.24) is 9.80 Å². The number of amides is 1. The van der Waals surface area contributed by atoms with E-state index >= 15 is 0 Å². The lowest BCUT2D eigenvalue weighted by molar-refractivity contribution is -0.141. The van der Waals surface area contributed by atoms with Crippen LogP contribution in [0.2, 0.25) is 5.02 Å². The average Bonchev–Trinajstić information content (AvgIpc) is 3.32. The third-order valence-electron chi connectivity index (χ3n) is 7.18. The Morgan fingerprint density at radius 1 is 1.09 bits per heavy atom. The van der Waals surface area contributed by atoms with Crippen molar-refractivity contribution < 1.29 is 13.9 Å². The zero-order valence-corrected chi connectivity index (χ0v) is 20.3. The molecule has 6 heteroatoms. The zero-order valence-electron chi connectivity index (χ0n) is 19.6. The molecule has 0 spiro atoms. The molecule has 0 aliphatic carbocycles. The number of carbonyl (C=O) groups is 1. The number of hydrogen-bond donors (Lipinski definition) is 0. The molecule has 0 bridgehead atoms. The van der Waals surface area contributed by atoms with E-state index in [1.807, 2.05) is 42.5 Å². The molecule has 178 valence electrons. The van der Waals surface area contributed by atoms with Gasteiger partial charge in [-0.1, -0.05) is 35.9 Å². The molecular weight excluding hydrogens is 448 g/mol. The summed E-state index contributed by atoms with van der Waals surface area (Å²) in [7, 11) is 1.69. The van der Waals surface area contributed by atoms with Crippen molar-refractivity contribution in [3.05, 3.63) is 77.0 Å². The number of ether oxygens (including phenoxy) is 1. The SMILES string of the molecule is COc1cccc(CCN2C(=O)CC[C@H]3CN(Cc4ccc(-c5ccccc5Cl)o4)CC[C@H]32)c1. The Morgan fingerprint density at radius 3 is 2.82 bits per heavy atom. The van der Waals surface area contributed by atoms with Crippen LogP contribution in [0, 0.1) is 5.92 Å². The highest BCUT2D eigenvalue weighted by Crippen LogP contribution is 2.33. The number of carbonyl (C=O) groups excluding carboxylic acids is 1. The summed E-state index contributed by atoms with van der Waals surface area (Å²) in [6, 6.07) is 20.3.